The lowest BCUT2D eigenvalue weighted by Gasteiger charge is -2.09. The fourth-order valence-corrected chi connectivity index (χ4v) is 2.96. The normalized spacial score (nSPS) is 12.4. The summed E-state index contributed by atoms with van der Waals surface area (Å²) in [7, 11) is 0. The van der Waals surface area contributed by atoms with Gasteiger partial charge in [-0.3, -0.25) is 4.79 Å². The second-order valence-corrected chi connectivity index (χ2v) is 4.82. The Hall–Kier alpha value is -2.55. The van der Waals surface area contributed by atoms with Gasteiger partial charge in [0.15, 0.2) is 0 Å². The van der Waals surface area contributed by atoms with E-state index in [4.69, 9.17) is 0 Å². The maximum atomic E-state index is 12.2. The summed E-state index contributed by atoms with van der Waals surface area (Å²) in [5, 5.41) is 11.7. The fraction of sp³-hybridized carbons (Fsp3) is 0.0625. The molecule has 0 bridgehead atoms. The van der Waals surface area contributed by atoms with Crippen LogP contribution in [0.5, 0.6) is 0 Å². The summed E-state index contributed by atoms with van der Waals surface area (Å²) < 4.78 is 0.795. The number of rotatable bonds is 0. The predicted molar refractivity (Wildman–Crippen MR) is 73.6 cm³/mol. The van der Waals surface area contributed by atoms with Crippen LogP contribution in [0.4, 0.5) is 0 Å². The summed E-state index contributed by atoms with van der Waals surface area (Å²) in [5.74, 6) is 0. The molecule has 3 nitrogen and oxygen atoms in total. The van der Waals surface area contributed by atoms with Gasteiger partial charge in [0.05, 0.1) is 11.1 Å². The molecule has 3 heteroatoms. The molecule has 0 radical (unpaired) electrons. The highest BCUT2D eigenvalue weighted by molar-refractivity contribution is 5.92. The third kappa shape index (κ3) is 1.24. The summed E-state index contributed by atoms with van der Waals surface area (Å²) >= 11 is 0. The predicted octanol–water partition coefficient (Wildman–Crippen LogP) is 2.81. The number of aromatic nitrogens is 1. The van der Waals surface area contributed by atoms with Gasteiger partial charge in [-0.2, -0.15) is 0 Å². The number of nitrogens with zero attached hydrogens (tertiary/aromatic N) is 1. The Bertz CT molecular complexity index is 878. The van der Waals surface area contributed by atoms with Crippen LogP contribution in [-0.2, 0) is 6.42 Å². The molecule has 1 aliphatic carbocycles. The van der Waals surface area contributed by atoms with Crippen LogP contribution < -0.4 is 5.56 Å². The largest absolute Gasteiger partial charge is 0.425 e. The summed E-state index contributed by atoms with van der Waals surface area (Å²) in [5.41, 5.74) is 3.41. The monoisotopic (exact) mass is 249 g/mol. The summed E-state index contributed by atoms with van der Waals surface area (Å²) in [6, 6.07) is 15.3. The first kappa shape index (κ1) is 10.4. The summed E-state index contributed by atoms with van der Waals surface area (Å²) in [6.45, 7) is 0. The lowest BCUT2D eigenvalue weighted by Crippen LogP contribution is -2.20. The maximum Gasteiger partial charge on any atom is 0.291 e. The van der Waals surface area contributed by atoms with E-state index >= 15 is 0 Å². The van der Waals surface area contributed by atoms with Gasteiger partial charge in [-0.1, -0.05) is 42.5 Å². The molecule has 0 atom stereocenters. The van der Waals surface area contributed by atoms with Crippen LogP contribution in [0, 0.1) is 0 Å². The average molecular weight is 249 g/mol. The van der Waals surface area contributed by atoms with Crippen LogP contribution in [0.3, 0.4) is 0 Å². The molecule has 1 aliphatic rings. The van der Waals surface area contributed by atoms with Gasteiger partial charge < -0.3 is 5.21 Å². The number of pyridine rings is 1. The Morgan fingerprint density at radius 2 is 1.63 bits per heavy atom. The highest BCUT2D eigenvalue weighted by atomic mass is 16.5. The van der Waals surface area contributed by atoms with Gasteiger partial charge in [-0.05, 0) is 22.6 Å². The smallest absolute Gasteiger partial charge is 0.291 e. The molecule has 0 amide bonds. The van der Waals surface area contributed by atoms with Crippen molar-refractivity contribution in [3.63, 3.8) is 0 Å². The van der Waals surface area contributed by atoms with Crippen LogP contribution in [0.2, 0.25) is 0 Å². The first-order valence-corrected chi connectivity index (χ1v) is 6.21. The second-order valence-electron chi connectivity index (χ2n) is 4.82. The molecule has 1 aromatic heterocycles. The molecule has 0 saturated heterocycles. The Labute approximate surface area is 109 Å². The van der Waals surface area contributed by atoms with Crippen molar-refractivity contribution in [2.24, 2.45) is 0 Å². The summed E-state index contributed by atoms with van der Waals surface area (Å²) in [6.07, 6.45) is 0.757. The Balaban J connectivity index is 2.23. The van der Waals surface area contributed by atoms with Crippen molar-refractivity contribution in [1.82, 2.24) is 4.73 Å². The molecule has 0 unspecified atom stereocenters. The lowest BCUT2D eigenvalue weighted by molar-refractivity contribution is 0.181. The molecule has 1 heterocycles. The van der Waals surface area contributed by atoms with E-state index in [2.05, 4.69) is 0 Å². The van der Waals surface area contributed by atoms with Crippen molar-refractivity contribution in [2.45, 2.75) is 6.42 Å². The zero-order valence-electron chi connectivity index (χ0n) is 10.1. The Morgan fingerprint density at radius 1 is 0.947 bits per heavy atom. The second kappa shape index (κ2) is 3.48. The van der Waals surface area contributed by atoms with Crippen LogP contribution in [0.25, 0.3) is 22.0 Å². The standard InChI is InChI=1S/C16H11NO2/c18-16-13-8-4-3-7-12(13)14-9-10-5-1-2-6-11(10)15(14)17(16)19/h1-8,19H,9H2. The molecule has 3 aromatic rings. The third-order valence-corrected chi connectivity index (χ3v) is 3.81. The van der Waals surface area contributed by atoms with Crippen LogP contribution in [0.15, 0.2) is 53.3 Å². The minimum Gasteiger partial charge on any atom is -0.425 e. The zero-order valence-corrected chi connectivity index (χ0v) is 10.1. The van der Waals surface area contributed by atoms with Gasteiger partial charge in [0, 0.05) is 12.0 Å². The first-order valence-electron chi connectivity index (χ1n) is 6.21. The van der Waals surface area contributed by atoms with Crippen LogP contribution in [0.1, 0.15) is 11.1 Å². The van der Waals surface area contributed by atoms with E-state index in [1.165, 1.54) is 0 Å². The van der Waals surface area contributed by atoms with Crippen molar-refractivity contribution in [3.05, 3.63) is 70.0 Å². The summed E-state index contributed by atoms with van der Waals surface area (Å²) in [4.78, 5) is 12.2. The molecule has 0 aliphatic heterocycles. The van der Waals surface area contributed by atoms with Crippen LogP contribution in [-0.4, -0.2) is 9.94 Å². The van der Waals surface area contributed by atoms with E-state index < -0.39 is 0 Å². The van der Waals surface area contributed by atoms with Crippen molar-refractivity contribution in [1.29, 1.82) is 0 Å². The quantitative estimate of drug-likeness (QED) is 0.487. The minimum absolute atomic E-state index is 0.356. The topological polar surface area (TPSA) is 42.2 Å². The average Bonchev–Trinajstić information content (AvgIpc) is 2.84. The van der Waals surface area contributed by atoms with E-state index in [9.17, 15) is 10.0 Å². The maximum absolute atomic E-state index is 12.2. The number of fused-ring (bicyclic) bond motifs is 5. The molecular formula is C16H11NO2. The van der Waals surface area contributed by atoms with Gasteiger partial charge in [-0.15, -0.1) is 4.73 Å². The first-order chi connectivity index (χ1) is 9.27. The van der Waals surface area contributed by atoms with Crippen molar-refractivity contribution in [3.8, 4) is 11.3 Å². The van der Waals surface area contributed by atoms with E-state index in [1.54, 1.807) is 6.07 Å². The molecule has 19 heavy (non-hydrogen) atoms. The van der Waals surface area contributed by atoms with Gasteiger partial charge in [0.2, 0.25) is 0 Å². The molecule has 1 N–H and O–H groups in total. The van der Waals surface area contributed by atoms with Gasteiger partial charge in [-0.25, -0.2) is 0 Å². The molecule has 0 spiro atoms. The van der Waals surface area contributed by atoms with E-state index in [0.717, 1.165) is 33.2 Å². The molecule has 2 aromatic carbocycles. The number of hydrogen-bond donors (Lipinski definition) is 1. The van der Waals surface area contributed by atoms with E-state index in [1.807, 2.05) is 42.5 Å². The highest BCUT2D eigenvalue weighted by Crippen LogP contribution is 2.38. The molecule has 0 saturated carbocycles. The molecule has 0 fully saturated rings. The molecule has 4 rings (SSSR count). The van der Waals surface area contributed by atoms with Crippen molar-refractivity contribution >= 4 is 10.8 Å². The van der Waals surface area contributed by atoms with Gasteiger partial charge in [0.1, 0.15) is 0 Å². The highest BCUT2D eigenvalue weighted by Gasteiger charge is 2.25. The fourth-order valence-electron chi connectivity index (χ4n) is 2.96. The SMILES string of the molecule is O=c1c2ccccc2c2c(n1O)-c1ccccc1C2. The Kier molecular flexibility index (Phi) is 1.90. The van der Waals surface area contributed by atoms with E-state index in [0.29, 0.717) is 11.1 Å². The molecule has 92 valence electrons. The number of benzene rings is 2. The van der Waals surface area contributed by atoms with Gasteiger partial charge >= 0.3 is 0 Å². The number of hydrogen-bond acceptors (Lipinski definition) is 2. The zero-order chi connectivity index (χ0) is 13.0. The minimum atomic E-state index is -0.356. The molecular weight excluding hydrogens is 238 g/mol. The van der Waals surface area contributed by atoms with Gasteiger partial charge in [0.25, 0.3) is 5.56 Å². The van der Waals surface area contributed by atoms with Crippen molar-refractivity contribution in [2.75, 3.05) is 0 Å². The lowest BCUT2D eigenvalue weighted by atomic mass is 10.0. The third-order valence-electron chi connectivity index (χ3n) is 3.81. The van der Waals surface area contributed by atoms with Crippen molar-refractivity contribution < 1.29 is 5.21 Å². The Morgan fingerprint density at radius 3 is 2.47 bits per heavy atom. The van der Waals surface area contributed by atoms with E-state index in [-0.39, 0.29) is 5.56 Å². The van der Waals surface area contributed by atoms with Crippen LogP contribution >= 0.6 is 0 Å².